The van der Waals surface area contributed by atoms with E-state index in [0.29, 0.717) is 18.0 Å². The number of hydrogen-bond donors (Lipinski definition) is 2. The van der Waals surface area contributed by atoms with E-state index in [1.54, 1.807) is 0 Å². The van der Waals surface area contributed by atoms with Gasteiger partial charge in [-0.2, -0.15) is 0 Å². The van der Waals surface area contributed by atoms with E-state index < -0.39 is 0 Å². The zero-order valence-electron chi connectivity index (χ0n) is 12.0. The molecule has 118 valence electrons. The highest BCUT2D eigenvalue weighted by Gasteiger charge is 2.05. The van der Waals surface area contributed by atoms with E-state index in [9.17, 15) is 4.79 Å². The maximum atomic E-state index is 11.6. The molecule has 0 aromatic carbocycles. The standard InChI is InChI=1S/C13H21N4O2S.BrH/c1-2-6-17-7-3-11(4-8-17)19-10-12(18)20-9-5-16-13(14)15;/h3-4,7-8H,2,5-6,9-10H2,1H3,(H4,14,15,16);1H/q+1;/p-1. The maximum absolute atomic E-state index is 11.6. The molecular formula is C13H21BrN4O2S. The van der Waals surface area contributed by atoms with Gasteiger partial charge in [0.05, 0.1) is 6.54 Å². The smallest absolute Gasteiger partial charge is 0.226 e. The molecule has 0 aliphatic rings. The maximum Gasteiger partial charge on any atom is 0.226 e. The Bertz CT molecular complexity index is 450. The molecule has 0 aliphatic carbocycles. The summed E-state index contributed by atoms with van der Waals surface area (Å²) >= 11 is 1.16. The molecular weight excluding hydrogens is 356 g/mol. The number of nitrogens with zero attached hydrogens (tertiary/aromatic N) is 2. The number of guanidine groups is 1. The summed E-state index contributed by atoms with van der Waals surface area (Å²) in [7, 11) is 0. The van der Waals surface area contributed by atoms with Crippen molar-refractivity contribution in [2.45, 2.75) is 19.9 Å². The second-order valence-corrected chi connectivity index (χ2v) is 5.24. The summed E-state index contributed by atoms with van der Waals surface area (Å²) in [5.74, 6) is 1.28. The minimum atomic E-state index is -0.0407. The fourth-order valence-corrected chi connectivity index (χ4v) is 2.02. The van der Waals surface area contributed by atoms with E-state index in [0.717, 1.165) is 24.7 Å². The number of rotatable bonds is 8. The van der Waals surface area contributed by atoms with Crippen molar-refractivity contribution < 1.29 is 31.1 Å². The third-order valence-electron chi connectivity index (χ3n) is 2.35. The Balaban J connectivity index is 0.00000400. The van der Waals surface area contributed by atoms with Crippen LogP contribution in [0.15, 0.2) is 29.5 Å². The molecule has 1 heterocycles. The van der Waals surface area contributed by atoms with Crippen LogP contribution in [0.25, 0.3) is 0 Å². The lowest BCUT2D eigenvalue weighted by Gasteiger charge is -2.04. The first-order valence-corrected chi connectivity index (χ1v) is 7.43. The Morgan fingerprint density at radius 3 is 2.62 bits per heavy atom. The molecule has 1 rings (SSSR count). The van der Waals surface area contributed by atoms with Crippen molar-refractivity contribution in [3.8, 4) is 5.75 Å². The highest BCUT2D eigenvalue weighted by atomic mass is 79.9. The molecule has 4 N–H and O–H groups in total. The van der Waals surface area contributed by atoms with E-state index >= 15 is 0 Å². The number of pyridine rings is 1. The molecule has 21 heavy (non-hydrogen) atoms. The number of aromatic nitrogens is 1. The Labute approximate surface area is 139 Å². The largest absolute Gasteiger partial charge is 1.00 e. The number of aryl methyl sites for hydroxylation is 1. The predicted molar refractivity (Wildman–Crippen MR) is 80.6 cm³/mol. The predicted octanol–water partition coefficient (Wildman–Crippen LogP) is -2.70. The number of ether oxygens (including phenoxy) is 1. The van der Waals surface area contributed by atoms with Crippen LogP contribution in [0, 0.1) is 0 Å². The lowest BCUT2D eigenvalue weighted by atomic mass is 10.4. The van der Waals surface area contributed by atoms with Crippen molar-refractivity contribution in [1.82, 2.24) is 0 Å². The number of nitrogens with two attached hydrogens (primary N) is 2. The first-order valence-electron chi connectivity index (χ1n) is 6.44. The SMILES string of the molecule is CCC[n+]1ccc(OCC(=O)SCCN=C(N)N)cc1.[Br-]. The van der Waals surface area contributed by atoms with Crippen LogP contribution in [-0.4, -0.2) is 30.0 Å². The van der Waals surface area contributed by atoms with E-state index in [1.807, 2.05) is 24.5 Å². The first kappa shape index (κ1) is 19.7. The minimum absolute atomic E-state index is 0. The Morgan fingerprint density at radius 2 is 2.05 bits per heavy atom. The lowest BCUT2D eigenvalue weighted by molar-refractivity contribution is -0.697. The van der Waals surface area contributed by atoms with Crippen molar-refractivity contribution in [2.75, 3.05) is 18.9 Å². The normalized spacial score (nSPS) is 9.57. The van der Waals surface area contributed by atoms with Crippen molar-refractivity contribution >= 4 is 22.8 Å². The van der Waals surface area contributed by atoms with E-state index in [2.05, 4.69) is 16.5 Å². The van der Waals surface area contributed by atoms with Gasteiger partial charge in [0.15, 0.2) is 25.0 Å². The average Bonchev–Trinajstić information content (AvgIpc) is 2.43. The number of carbonyl (C=O) groups excluding carboxylic acids is 1. The molecule has 0 aliphatic heterocycles. The summed E-state index contributed by atoms with van der Waals surface area (Å²) in [4.78, 5) is 15.3. The molecule has 0 fully saturated rings. The molecule has 8 heteroatoms. The van der Waals surface area contributed by atoms with Crippen molar-refractivity contribution in [1.29, 1.82) is 0 Å². The highest BCUT2D eigenvalue weighted by molar-refractivity contribution is 8.13. The number of thioether (sulfide) groups is 1. The monoisotopic (exact) mass is 376 g/mol. The molecule has 0 bridgehead atoms. The molecule has 0 atom stereocenters. The third kappa shape index (κ3) is 9.30. The van der Waals surface area contributed by atoms with Crippen LogP contribution < -0.4 is 37.8 Å². The second-order valence-electron chi connectivity index (χ2n) is 4.09. The number of halogens is 1. The minimum Gasteiger partial charge on any atom is -1.00 e. The van der Waals surface area contributed by atoms with Crippen LogP contribution in [0.2, 0.25) is 0 Å². The van der Waals surface area contributed by atoms with Crippen LogP contribution in [0.1, 0.15) is 13.3 Å². The van der Waals surface area contributed by atoms with Gasteiger partial charge < -0.3 is 33.2 Å². The van der Waals surface area contributed by atoms with Gasteiger partial charge in [-0.25, -0.2) is 4.57 Å². The lowest BCUT2D eigenvalue weighted by Crippen LogP contribution is -3.00. The number of aliphatic imine (C=N–C) groups is 1. The van der Waals surface area contributed by atoms with Gasteiger partial charge in [-0.3, -0.25) is 9.79 Å². The Morgan fingerprint density at radius 1 is 1.38 bits per heavy atom. The zero-order valence-corrected chi connectivity index (χ0v) is 14.4. The summed E-state index contributed by atoms with van der Waals surface area (Å²) in [5, 5.41) is -0.0407. The number of carbonyl (C=O) groups is 1. The van der Waals surface area contributed by atoms with Crippen molar-refractivity contribution in [3.05, 3.63) is 24.5 Å². The van der Waals surface area contributed by atoms with Gasteiger partial charge >= 0.3 is 0 Å². The molecule has 1 aromatic rings. The van der Waals surface area contributed by atoms with Crippen LogP contribution in [0.4, 0.5) is 0 Å². The summed E-state index contributed by atoms with van der Waals surface area (Å²) in [6, 6.07) is 3.71. The first-order chi connectivity index (χ1) is 9.61. The van der Waals surface area contributed by atoms with E-state index in [4.69, 9.17) is 16.2 Å². The van der Waals surface area contributed by atoms with Crippen molar-refractivity contribution in [2.24, 2.45) is 16.5 Å². The summed E-state index contributed by atoms with van der Waals surface area (Å²) in [6.45, 7) is 3.57. The van der Waals surface area contributed by atoms with E-state index in [-0.39, 0.29) is 34.7 Å². The molecule has 1 aromatic heterocycles. The second kappa shape index (κ2) is 11.4. The van der Waals surface area contributed by atoms with Crippen LogP contribution in [0.3, 0.4) is 0 Å². The van der Waals surface area contributed by atoms with Crippen LogP contribution >= 0.6 is 11.8 Å². The highest BCUT2D eigenvalue weighted by Crippen LogP contribution is 2.09. The molecule has 0 radical (unpaired) electrons. The fraction of sp³-hybridized carbons (Fsp3) is 0.462. The van der Waals surface area contributed by atoms with Gasteiger partial charge in [0.1, 0.15) is 12.3 Å². The topological polar surface area (TPSA) is 94.6 Å². The quantitative estimate of drug-likeness (QED) is 0.223. The molecule has 0 amide bonds. The van der Waals surface area contributed by atoms with Gasteiger partial charge in [-0.15, -0.1) is 0 Å². The molecule has 0 unspecified atom stereocenters. The summed E-state index contributed by atoms with van der Waals surface area (Å²) in [6.07, 6.45) is 4.96. The summed E-state index contributed by atoms with van der Waals surface area (Å²) < 4.78 is 7.48. The fourth-order valence-electron chi connectivity index (χ4n) is 1.47. The van der Waals surface area contributed by atoms with Gasteiger partial charge in [-0.05, 0) is 0 Å². The average molecular weight is 377 g/mol. The van der Waals surface area contributed by atoms with E-state index in [1.165, 1.54) is 0 Å². The van der Waals surface area contributed by atoms with Gasteiger partial charge in [-0.1, -0.05) is 18.7 Å². The molecule has 0 spiro atoms. The Hall–Kier alpha value is -1.28. The third-order valence-corrected chi connectivity index (χ3v) is 3.17. The molecule has 6 nitrogen and oxygen atoms in total. The van der Waals surface area contributed by atoms with Crippen LogP contribution in [-0.2, 0) is 11.3 Å². The summed E-state index contributed by atoms with van der Waals surface area (Å²) in [5.41, 5.74) is 10.4. The van der Waals surface area contributed by atoms with Gasteiger partial charge in [0.2, 0.25) is 5.12 Å². The Kier molecular flexibility index (Phi) is 10.7. The van der Waals surface area contributed by atoms with Crippen LogP contribution in [0.5, 0.6) is 5.75 Å². The van der Waals surface area contributed by atoms with Gasteiger partial charge in [0, 0.05) is 24.3 Å². The van der Waals surface area contributed by atoms with Gasteiger partial charge in [0.25, 0.3) is 0 Å². The number of hydrogen-bond acceptors (Lipinski definition) is 4. The molecule has 0 saturated carbocycles. The zero-order chi connectivity index (χ0) is 14.8. The van der Waals surface area contributed by atoms with Crippen molar-refractivity contribution in [3.63, 3.8) is 0 Å². The molecule has 0 saturated heterocycles.